The number of anilines is 1. The Morgan fingerprint density at radius 1 is 1.30 bits per heavy atom. The minimum Gasteiger partial charge on any atom is -0.461 e. The Morgan fingerprint density at radius 2 is 2.15 bits per heavy atom. The van der Waals surface area contributed by atoms with Crippen LogP contribution < -0.4 is 5.32 Å². The molecule has 3 aromatic heterocycles. The van der Waals surface area contributed by atoms with Crippen molar-refractivity contribution in [3.05, 3.63) is 64.7 Å². The molecular formula is C24H21N5O2S2. The molecule has 1 aliphatic carbocycles. The molecule has 0 spiro atoms. The summed E-state index contributed by atoms with van der Waals surface area (Å²) < 4.78 is 7.41. The number of nitrogens with one attached hydrogen (secondary N) is 1. The molecular weight excluding hydrogens is 454 g/mol. The summed E-state index contributed by atoms with van der Waals surface area (Å²) in [5, 5.41) is 22.5. The van der Waals surface area contributed by atoms with Gasteiger partial charge in [0.15, 0.2) is 10.9 Å². The lowest BCUT2D eigenvalue weighted by atomic mass is 9.89. The number of benzene rings is 1. The van der Waals surface area contributed by atoms with Gasteiger partial charge in [0.2, 0.25) is 11.7 Å². The largest absolute Gasteiger partial charge is 0.461 e. The van der Waals surface area contributed by atoms with Crippen molar-refractivity contribution in [2.75, 3.05) is 11.1 Å². The Labute approximate surface area is 199 Å². The molecule has 0 radical (unpaired) electrons. The van der Waals surface area contributed by atoms with Crippen molar-refractivity contribution < 1.29 is 9.21 Å². The second-order valence-corrected chi connectivity index (χ2v) is 10.0. The van der Waals surface area contributed by atoms with Crippen LogP contribution in [0.2, 0.25) is 0 Å². The highest BCUT2D eigenvalue weighted by Crippen LogP contribution is 2.39. The number of amides is 1. The van der Waals surface area contributed by atoms with Gasteiger partial charge in [0.25, 0.3) is 0 Å². The van der Waals surface area contributed by atoms with E-state index in [1.807, 2.05) is 41.0 Å². The lowest BCUT2D eigenvalue weighted by molar-refractivity contribution is -0.113. The number of thiophene rings is 1. The Kier molecular flexibility index (Phi) is 6.03. The van der Waals surface area contributed by atoms with E-state index in [1.54, 1.807) is 12.3 Å². The molecule has 1 N–H and O–H groups in total. The van der Waals surface area contributed by atoms with E-state index < -0.39 is 0 Å². The first-order valence-electron chi connectivity index (χ1n) is 10.7. The van der Waals surface area contributed by atoms with E-state index in [2.05, 4.69) is 28.5 Å². The molecule has 0 aliphatic heterocycles. The van der Waals surface area contributed by atoms with Crippen LogP contribution in [-0.4, -0.2) is 26.4 Å². The lowest BCUT2D eigenvalue weighted by Gasteiger charge is -2.17. The van der Waals surface area contributed by atoms with Crippen LogP contribution in [0.25, 0.3) is 17.3 Å². The molecule has 0 unspecified atom stereocenters. The number of aromatic nitrogens is 3. The van der Waals surface area contributed by atoms with Gasteiger partial charge in [-0.1, -0.05) is 36.9 Å². The van der Waals surface area contributed by atoms with Crippen LogP contribution in [0.1, 0.15) is 29.3 Å². The summed E-state index contributed by atoms with van der Waals surface area (Å²) in [6.07, 6.45) is 4.54. The highest BCUT2D eigenvalue weighted by molar-refractivity contribution is 7.99. The van der Waals surface area contributed by atoms with Gasteiger partial charge in [0.1, 0.15) is 11.1 Å². The van der Waals surface area contributed by atoms with Crippen LogP contribution in [0.15, 0.2) is 58.3 Å². The van der Waals surface area contributed by atoms with Crippen molar-refractivity contribution in [1.82, 2.24) is 14.8 Å². The molecule has 4 aromatic rings. The van der Waals surface area contributed by atoms with E-state index in [9.17, 15) is 10.1 Å². The predicted octanol–water partition coefficient (Wildman–Crippen LogP) is 5.32. The number of hydrogen-bond acceptors (Lipinski definition) is 7. The van der Waals surface area contributed by atoms with Crippen molar-refractivity contribution in [2.45, 2.75) is 31.3 Å². The van der Waals surface area contributed by atoms with Gasteiger partial charge in [0, 0.05) is 10.6 Å². The fraction of sp³-hybridized carbons (Fsp3) is 0.250. The Balaban J connectivity index is 1.35. The minimum atomic E-state index is -0.176. The van der Waals surface area contributed by atoms with Gasteiger partial charge in [-0.15, -0.1) is 21.5 Å². The summed E-state index contributed by atoms with van der Waals surface area (Å²) in [7, 11) is 0. The van der Waals surface area contributed by atoms with Crippen molar-refractivity contribution >= 4 is 34.0 Å². The first-order chi connectivity index (χ1) is 16.1. The third-order valence-corrected chi connectivity index (χ3v) is 7.70. The number of fused-ring (bicyclic) bond motifs is 1. The number of para-hydroxylation sites is 1. The zero-order chi connectivity index (χ0) is 22.8. The zero-order valence-electron chi connectivity index (χ0n) is 17.9. The third-order valence-electron chi connectivity index (χ3n) is 5.60. The molecule has 0 bridgehead atoms. The summed E-state index contributed by atoms with van der Waals surface area (Å²) in [4.78, 5) is 14.0. The van der Waals surface area contributed by atoms with Crippen LogP contribution in [0.3, 0.4) is 0 Å². The maximum Gasteiger partial charge on any atom is 0.235 e. The zero-order valence-corrected chi connectivity index (χ0v) is 19.6. The Bertz CT molecular complexity index is 1320. The number of hydrogen-bond donors (Lipinski definition) is 1. The number of carbonyl (C=O) groups is 1. The minimum absolute atomic E-state index is 0.146. The summed E-state index contributed by atoms with van der Waals surface area (Å²) in [6, 6.07) is 15.6. The SMILES string of the molecule is C[C@@H]1CCc2c(sc(NC(=O)CSc3nnc(-c4ccco4)n3-c3ccccc3)c2C#N)C1. The number of furan rings is 1. The van der Waals surface area contributed by atoms with Gasteiger partial charge in [0.05, 0.1) is 17.6 Å². The summed E-state index contributed by atoms with van der Waals surface area (Å²) in [6.45, 7) is 2.23. The summed E-state index contributed by atoms with van der Waals surface area (Å²) in [5.41, 5.74) is 2.60. The van der Waals surface area contributed by atoms with Gasteiger partial charge in [-0.2, -0.15) is 5.26 Å². The maximum absolute atomic E-state index is 12.8. The van der Waals surface area contributed by atoms with E-state index in [1.165, 1.54) is 28.0 Å². The van der Waals surface area contributed by atoms with Gasteiger partial charge in [-0.3, -0.25) is 9.36 Å². The van der Waals surface area contributed by atoms with E-state index in [0.29, 0.717) is 33.2 Å². The first-order valence-corrected chi connectivity index (χ1v) is 12.5. The molecule has 9 heteroatoms. The predicted molar refractivity (Wildman–Crippen MR) is 129 cm³/mol. The third kappa shape index (κ3) is 4.32. The van der Waals surface area contributed by atoms with E-state index in [4.69, 9.17) is 4.42 Å². The smallest absolute Gasteiger partial charge is 0.235 e. The average molecular weight is 476 g/mol. The highest BCUT2D eigenvalue weighted by Gasteiger charge is 2.25. The molecule has 0 saturated heterocycles. The molecule has 5 rings (SSSR count). The fourth-order valence-electron chi connectivity index (χ4n) is 3.99. The van der Waals surface area contributed by atoms with Crippen LogP contribution in [-0.2, 0) is 17.6 Å². The fourth-order valence-corrected chi connectivity index (χ4v) is 6.12. The molecule has 7 nitrogen and oxygen atoms in total. The summed E-state index contributed by atoms with van der Waals surface area (Å²) >= 11 is 2.83. The van der Waals surface area contributed by atoms with E-state index in [-0.39, 0.29) is 11.7 Å². The first kappa shape index (κ1) is 21.5. The van der Waals surface area contributed by atoms with Crippen molar-refractivity contribution in [1.29, 1.82) is 5.26 Å². The molecule has 3 heterocycles. The van der Waals surface area contributed by atoms with Gasteiger partial charge in [-0.25, -0.2) is 0 Å². The molecule has 1 atom stereocenters. The number of thioether (sulfide) groups is 1. The van der Waals surface area contributed by atoms with Gasteiger partial charge < -0.3 is 9.73 Å². The van der Waals surface area contributed by atoms with E-state index >= 15 is 0 Å². The number of nitriles is 1. The molecule has 166 valence electrons. The van der Waals surface area contributed by atoms with Crippen molar-refractivity contribution in [3.63, 3.8) is 0 Å². The quantitative estimate of drug-likeness (QED) is 0.379. The Hall–Kier alpha value is -3.35. The van der Waals surface area contributed by atoms with Crippen LogP contribution in [0, 0.1) is 17.2 Å². The molecule has 1 aromatic carbocycles. The number of rotatable bonds is 6. The molecule has 0 fully saturated rings. The maximum atomic E-state index is 12.8. The second-order valence-electron chi connectivity index (χ2n) is 7.96. The van der Waals surface area contributed by atoms with Crippen LogP contribution in [0.5, 0.6) is 0 Å². The standard InChI is InChI=1S/C24H21N5O2S2/c1-15-9-10-17-18(13-25)23(33-20(17)12-15)26-21(30)14-32-24-28-27-22(19-8-5-11-31-19)29(24)16-6-3-2-4-7-16/h2-8,11,15H,9-10,12,14H2,1H3,(H,26,30)/t15-/m1/s1. The average Bonchev–Trinajstić information content (AvgIpc) is 3.56. The Morgan fingerprint density at radius 3 is 2.91 bits per heavy atom. The molecule has 1 aliphatic rings. The highest BCUT2D eigenvalue weighted by atomic mass is 32.2. The monoisotopic (exact) mass is 475 g/mol. The van der Waals surface area contributed by atoms with Crippen molar-refractivity contribution in [3.8, 4) is 23.3 Å². The molecule has 1 amide bonds. The molecule has 33 heavy (non-hydrogen) atoms. The number of carbonyl (C=O) groups excluding carboxylic acids is 1. The van der Waals surface area contributed by atoms with E-state index in [0.717, 1.165) is 30.5 Å². The summed E-state index contributed by atoms with van der Waals surface area (Å²) in [5.74, 6) is 1.74. The van der Waals surface area contributed by atoms with Gasteiger partial charge >= 0.3 is 0 Å². The lowest BCUT2D eigenvalue weighted by Crippen LogP contribution is -2.14. The second kappa shape index (κ2) is 9.25. The van der Waals surface area contributed by atoms with Crippen LogP contribution in [0.4, 0.5) is 5.00 Å². The van der Waals surface area contributed by atoms with Crippen LogP contribution >= 0.6 is 23.1 Å². The molecule has 0 saturated carbocycles. The van der Waals surface area contributed by atoms with Gasteiger partial charge in [-0.05, 0) is 55.0 Å². The van der Waals surface area contributed by atoms with Crippen molar-refractivity contribution in [2.24, 2.45) is 5.92 Å². The number of nitrogens with zero attached hydrogens (tertiary/aromatic N) is 4. The topological polar surface area (TPSA) is 96.7 Å². The normalized spacial score (nSPS) is 15.1.